The standard InChI is InChI=1S/C28H36F3N5O4/c1-40-25-8-6-23(7-9-25)35-17-15-33(16-18-35)12-2-3-27(37)32-22-10-13-34(14-11-22)24-5-4-21(20-36(38)39)26(19-24)28(29,30)31/h4-9,19,22H,2-3,10-18,20H2,1H3,(H,32,37). The molecule has 40 heavy (non-hydrogen) atoms. The summed E-state index contributed by atoms with van der Waals surface area (Å²) in [6.45, 7) is 4.72. The van der Waals surface area contributed by atoms with E-state index in [-0.39, 0.29) is 17.5 Å². The number of alkyl halides is 3. The molecule has 0 aromatic heterocycles. The van der Waals surface area contributed by atoms with Gasteiger partial charge in [-0.2, -0.15) is 13.2 Å². The zero-order valence-corrected chi connectivity index (χ0v) is 22.7. The zero-order valence-electron chi connectivity index (χ0n) is 22.7. The van der Waals surface area contributed by atoms with Gasteiger partial charge in [-0.05, 0) is 68.3 Å². The summed E-state index contributed by atoms with van der Waals surface area (Å²) in [5.74, 6) is 0.839. The molecule has 2 aromatic carbocycles. The Labute approximate surface area is 232 Å². The lowest BCUT2D eigenvalue weighted by molar-refractivity contribution is -0.497. The Kier molecular flexibility index (Phi) is 9.72. The highest BCUT2D eigenvalue weighted by Crippen LogP contribution is 2.35. The summed E-state index contributed by atoms with van der Waals surface area (Å²) in [4.78, 5) is 29.1. The fourth-order valence-corrected chi connectivity index (χ4v) is 5.37. The Morgan fingerprint density at radius 3 is 2.23 bits per heavy atom. The molecule has 0 bridgehead atoms. The van der Waals surface area contributed by atoms with Gasteiger partial charge < -0.3 is 19.9 Å². The smallest absolute Gasteiger partial charge is 0.416 e. The largest absolute Gasteiger partial charge is 0.497 e. The predicted octanol–water partition coefficient (Wildman–Crippen LogP) is 4.18. The number of nitrogens with zero attached hydrogens (tertiary/aromatic N) is 4. The fraction of sp³-hybridized carbons (Fsp3) is 0.536. The molecule has 0 saturated carbocycles. The molecule has 1 amide bonds. The van der Waals surface area contributed by atoms with Crippen LogP contribution in [0, 0.1) is 10.1 Å². The number of ether oxygens (including phenoxy) is 1. The molecule has 2 heterocycles. The first-order valence-corrected chi connectivity index (χ1v) is 13.6. The van der Waals surface area contributed by atoms with Crippen molar-refractivity contribution >= 4 is 17.3 Å². The number of anilines is 2. The van der Waals surface area contributed by atoms with Crippen LogP contribution in [0.5, 0.6) is 5.75 Å². The zero-order chi connectivity index (χ0) is 28.7. The molecule has 2 saturated heterocycles. The number of piperidine rings is 1. The van der Waals surface area contributed by atoms with E-state index in [1.165, 1.54) is 17.8 Å². The van der Waals surface area contributed by atoms with E-state index in [1.54, 1.807) is 7.11 Å². The third kappa shape index (κ3) is 8.00. The minimum Gasteiger partial charge on any atom is -0.497 e. The third-order valence-electron chi connectivity index (χ3n) is 7.61. The minimum atomic E-state index is -4.67. The van der Waals surface area contributed by atoms with Crippen LogP contribution in [0.2, 0.25) is 0 Å². The highest BCUT2D eigenvalue weighted by Gasteiger charge is 2.35. The molecule has 0 atom stereocenters. The van der Waals surface area contributed by atoms with E-state index in [9.17, 15) is 28.1 Å². The Balaban J connectivity index is 1.16. The third-order valence-corrected chi connectivity index (χ3v) is 7.61. The van der Waals surface area contributed by atoms with E-state index in [4.69, 9.17) is 4.74 Å². The van der Waals surface area contributed by atoms with E-state index in [2.05, 4.69) is 27.2 Å². The molecule has 4 rings (SSSR count). The van der Waals surface area contributed by atoms with Crippen LogP contribution in [0.15, 0.2) is 42.5 Å². The Hall–Kier alpha value is -3.54. The molecule has 1 N–H and O–H groups in total. The van der Waals surface area contributed by atoms with Gasteiger partial charge in [-0.1, -0.05) is 0 Å². The monoisotopic (exact) mass is 563 g/mol. The highest BCUT2D eigenvalue weighted by atomic mass is 19.4. The number of nitro groups is 1. The van der Waals surface area contributed by atoms with Gasteiger partial charge in [0.2, 0.25) is 12.5 Å². The maximum absolute atomic E-state index is 13.5. The normalized spacial score (nSPS) is 17.1. The number of hydrogen-bond acceptors (Lipinski definition) is 7. The molecule has 2 aromatic rings. The van der Waals surface area contributed by atoms with Gasteiger partial charge in [0.1, 0.15) is 5.75 Å². The average molecular weight is 564 g/mol. The molecule has 218 valence electrons. The molecule has 0 spiro atoms. The van der Waals surface area contributed by atoms with Crippen LogP contribution >= 0.6 is 0 Å². The minimum absolute atomic E-state index is 0.00110. The second-order valence-electron chi connectivity index (χ2n) is 10.3. The van der Waals surface area contributed by atoms with Crippen LogP contribution in [-0.4, -0.2) is 74.7 Å². The number of nitrogens with one attached hydrogen (secondary N) is 1. The number of halogens is 3. The maximum Gasteiger partial charge on any atom is 0.416 e. The van der Waals surface area contributed by atoms with Crippen molar-refractivity contribution in [2.75, 3.05) is 62.7 Å². The topological polar surface area (TPSA) is 91.2 Å². The van der Waals surface area contributed by atoms with Crippen LogP contribution in [0.4, 0.5) is 24.5 Å². The molecule has 2 fully saturated rings. The number of rotatable bonds is 10. The predicted molar refractivity (Wildman–Crippen MR) is 146 cm³/mol. The van der Waals surface area contributed by atoms with Gasteiger partial charge in [-0.3, -0.25) is 19.8 Å². The first-order valence-electron chi connectivity index (χ1n) is 13.6. The molecule has 2 aliphatic heterocycles. The van der Waals surface area contributed by atoms with Crippen LogP contribution < -0.4 is 19.9 Å². The lowest BCUT2D eigenvalue weighted by Gasteiger charge is -2.36. The Morgan fingerprint density at radius 1 is 1.00 bits per heavy atom. The number of methoxy groups -OCH3 is 1. The van der Waals surface area contributed by atoms with Gasteiger partial charge >= 0.3 is 6.18 Å². The average Bonchev–Trinajstić information content (AvgIpc) is 2.93. The summed E-state index contributed by atoms with van der Waals surface area (Å²) in [5.41, 5.74) is 0.247. The van der Waals surface area contributed by atoms with E-state index >= 15 is 0 Å². The highest BCUT2D eigenvalue weighted by molar-refractivity contribution is 5.76. The molecule has 0 aliphatic carbocycles. The Morgan fingerprint density at radius 2 is 1.62 bits per heavy atom. The van der Waals surface area contributed by atoms with Crippen molar-refractivity contribution < 1.29 is 27.6 Å². The van der Waals surface area contributed by atoms with Crippen LogP contribution in [-0.2, 0) is 17.5 Å². The van der Waals surface area contributed by atoms with Crippen molar-refractivity contribution in [3.05, 3.63) is 63.7 Å². The summed E-state index contributed by atoms with van der Waals surface area (Å²) >= 11 is 0. The van der Waals surface area contributed by atoms with Crippen LogP contribution in [0.25, 0.3) is 0 Å². The lowest BCUT2D eigenvalue weighted by Crippen LogP contribution is -2.47. The van der Waals surface area contributed by atoms with E-state index in [0.717, 1.165) is 51.0 Å². The lowest BCUT2D eigenvalue weighted by atomic mass is 10.0. The van der Waals surface area contributed by atoms with Crippen molar-refractivity contribution in [3.63, 3.8) is 0 Å². The second-order valence-corrected chi connectivity index (χ2v) is 10.3. The number of carbonyl (C=O) groups excluding carboxylic acids is 1. The van der Waals surface area contributed by atoms with Crippen molar-refractivity contribution in [2.45, 2.75) is 44.4 Å². The summed E-state index contributed by atoms with van der Waals surface area (Å²) in [5, 5.41) is 13.8. The summed E-state index contributed by atoms with van der Waals surface area (Å²) in [7, 11) is 1.65. The molecular weight excluding hydrogens is 527 g/mol. The number of amides is 1. The van der Waals surface area contributed by atoms with E-state index < -0.39 is 23.2 Å². The van der Waals surface area contributed by atoms with Crippen LogP contribution in [0.3, 0.4) is 0 Å². The number of carbonyl (C=O) groups is 1. The second kappa shape index (κ2) is 13.2. The van der Waals surface area contributed by atoms with Gasteiger partial charge in [-0.25, -0.2) is 0 Å². The van der Waals surface area contributed by atoms with E-state index in [0.29, 0.717) is 38.0 Å². The maximum atomic E-state index is 13.5. The van der Waals surface area contributed by atoms with Gasteiger partial charge in [0.15, 0.2) is 0 Å². The molecule has 2 aliphatic rings. The van der Waals surface area contributed by atoms with Crippen molar-refractivity contribution in [1.82, 2.24) is 10.2 Å². The van der Waals surface area contributed by atoms with Gasteiger partial charge in [0.05, 0.1) is 12.7 Å². The van der Waals surface area contributed by atoms with Gasteiger partial charge in [-0.15, -0.1) is 0 Å². The molecular formula is C28H36F3N5O4. The molecule has 12 heteroatoms. The molecule has 0 unspecified atom stereocenters. The number of benzene rings is 2. The first kappa shape index (κ1) is 29.4. The molecule has 0 radical (unpaired) electrons. The first-order chi connectivity index (χ1) is 19.1. The Bertz CT molecular complexity index is 1150. The quantitative estimate of drug-likeness (QED) is 0.343. The number of piperazine rings is 1. The van der Waals surface area contributed by atoms with Crippen molar-refractivity contribution in [2.24, 2.45) is 0 Å². The van der Waals surface area contributed by atoms with Gasteiger partial charge in [0, 0.05) is 73.6 Å². The SMILES string of the molecule is COc1ccc(N2CCN(CCCC(=O)NC3CCN(c4ccc(C[N+](=O)[O-])c(C(F)(F)F)c4)CC3)CC2)cc1. The fourth-order valence-electron chi connectivity index (χ4n) is 5.37. The summed E-state index contributed by atoms with van der Waals surface area (Å²) < 4.78 is 45.7. The number of hydrogen-bond donors (Lipinski definition) is 1. The summed E-state index contributed by atoms with van der Waals surface area (Å²) in [6.07, 6.45) is -2.22. The van der Waals surface area contributed by atoms with Crippen molar-refractivity contribution in [1.29, 1.82) is 0 Å². The van der Waals surface area contributed by atoms with E-state index in [1.807, 2.05) is 17.0 Å². The van der Waals surface area contributed by atoms with Crippen LogP contribution in [0.1, 0.15) is 36.8 Å². The van der Waals surface area contributed by atoms with Gasteiger partial charge in [0.25, 0.3) is 0 Å². The molecule has 9 nitrogen and oxygen atoms in total. The van der Waals surface area contributed by atoms with Crippen molar-refractivity contribution in [3.8, 4) is 5.75 Å². The summed E-state index contributed by atoms with van der Waals surface area (Å²) in [6, 6.07) is 11.7.